The molecule has 2 unspecified atom stereocenters. The van der Waals surface area contributed by atoms with Gasteiger partial charge in [-0.3, -0.25) is 0 Å². The monoisotopic (exact) mass is 283 g/mol. The summed E-state index contributed by atoms with van der Waals surface area (Å²) in [5.41, 5.74) is 1.98. The third-order valence-electron chi connectivity index (χ3n) is 3.64. The molecule has 1 fully saturated rings. The molecule has 3 heteroatoms. The Morgan fingerprint density at radius 2 is 2.11 bits per heavy atom. The van der Waals surface area contributed by atoms with Crippen molar-refractivity contribution < 1.29 is 0 Å². The summed E-state index contributed by atoms with van der Waals surface area (Å²) in [7, 11) is 0. The summed E-state index contributed by atoms with van der Waals surface area (Å²) in [6.45, 7) is 11.5. The number of thiophene rings is 1. The minimum atomic E-state index is 0.481. The van der Waals surface area contributed by atoms with Crippen molar-refractivity contribution in [3.63, 3.8) is 0 Å². The Hall–Kier alpha value is 0.01000. The van der Waals surface area contributed by atoms with Gasteiger partial charge in [0.25, 0.3) is 0 Å². The predicted octanol–water partition coefficient (Wildman–Crippen LogP) is 4.55. The van der Waals surface area contributed by atoms with Crippen LogP contribution in [-0.4, -0.2) is 17.5 Å². The molecule has 1 aliphatic rings. The lowest BCUT2D eigenvalue weighted by atomic mass is 9.87. The maximum Gasteiger partial charge on any atom is 0.0305 e. The van der Waals surface area contributed by atoms with Gasteiger partial charge in [0.05, 0.1) is 0 Å². The Morgan fingerprint density at radius 3 is 2.67 bits per heavy atom. The highest BCUT2D eigenvalue weighted by atomic mass is 32.2. The van der Waals surface area contributed by atoms with Crippen molar-refractivity contribution in [1.82, 2.24) is 5.32 Å². The summed E-state index contributed by atoms with van der Waals surface area (Å²) in [5.74, 6) is 2.56. The first kappa shape index (κ1) is 14.4. The molecule has 2 heterocycles. The molecule has 1 N–H and O–H groups in total. The summed E-state index contributed by atoms with van der Waals surface area (Å²) in [4.78, 5) is 2.89. The van der Waals surface area contributed by atoms with Crippen LogP contribution in [0, 0.1) is 19.3 Å². The molecule has 1 aromatic rings. The van der Waals surface area contributed by atoms with Gasteiger partial charge in [0.15, 0.2) is 0 Å². The fraction of sp³-hybridized carbons (Fsp3) is 0.733. The van der Waals surface area contributed by atoms with Gasteiger partial charge in [-0.2, -0.15) is 11.8 Å². The van der Waals surface area contributed by atoms with E-state index in [-0.39, 0.29) is 0 Å². The molecule has 1 saturated heterocycles. The Balaban J connectivity index is 1.99. The molecule has 2 rings (SSSR count). The quantitative estimate of drug-likeness (QED) is 0.873. The van der Waals surface area contributed by atoms with Gasteiger partial charge in [-0.15, -0.1) is 11.3 Å². The van der Waals surface area contributed by atoms with Crippen LogP contribution < -0.4 is 5.32 Å². The van der Waals surface area contributed by atoms with Gasteiger partial charge in [-0.25, -0.2) is 0 Å². The van der Waals surface area contributed by atoms with E-state index in [0.717, 1.165) is 0 Å². The van der Waals surface area contributed by atoms with Gasteiger partial charge in [-0.05, 0) is 50.0 Å². The summed E-state index contributed by atoms with van der Waals surface area (Å²) in [5, 5.41) is 3.83. The molecule has 102 valence electrons. The standard InChI is InChI=1S/C15H25NS2/c1-10-6-14(12(3)18-10)11(2)16-13-7-15(4,5)9-17-8-13/h6,11,13,16H,7-9H2,1-5H3. The van der Waals surface area contributed by atoms with Gasteiger partial charge in [0.1, 0.15) is 0 Å². The van der Waals surface area contributed by atoms with Crippen LogP contribution in [-0.2, 0) is 0 Å². The van der Waals surface area contributed by atoms with Crippen molar-refractivity contribution in [3.05, 3.63) is 21.4 Å². The predicted molar refractivity (Wildman–Crippen MR) is 84.9 cm³/mol. The number of hydrogen-bond donors (Lipinski definition) is 1. The third kappa shape index (κ3) is 3.52. The largest absolute Gasteiger partial charge is 0.307 e. The summed E-state index contributed by atoms with van der Waals surface area (Å²) in [6.07, 6.45) is 1.30. The van der Waals surface area contributed by atoms with Crippen LogP contribution in [0.3, 0.4) is 0 Å². The molecule has 0 spiro atoms. The first-order valence-corrected chi connectivity index (χ1v) is 8.75. The molecule has 0 amide bonds. The zero-order chi connectivity index (χ0) is 13.3. The van der Waals surface area contributed by atoms with Gasteiger partial charge in [0, 0.05) is 27.6 Å². The van der Waals surface area contributed by atoms with Gasteiger partial charge in [0.2, 0.25) is 0 Å². The lowest BCUT2D eigenvalue weighted by molar-refractivity contribution is 0.305. The van der Waals surface area contributed by atoms with Crippen LogP contribution in [0.25, 0.3) is 0 Å². The molecule has 1 nitrogen and oxygen atoms in total. The second kappa shape index (κ2) is 5.56. The lowest BCUT2D eigenvalue weighted by Gasteiger charge is -2.36. The molecule has 1 aromatic heterocycles. The molecule has 18 heavy (non-hydrogen) atoms. The zero-order valence-electron chi connectivity index (χ0n) is 12.2. The lowest BCUT2D eigenvalue weighted by Crippen LogP contribution is -2.41. The molecule has 0 aliphatic carbocycles. The minimum absolute atomic E-state index is 0.481. The van der Waals surface area contributed by atoms with E-state index in [1.54, 1.807) is 0 Å². The second-order valence-corrected chi connectivity index (χ2v) is 8.83. The first-order chi connectivity index (χ1) is 8.37. The van der Waals surface area contributed by atoms with Crippen molar-refractivity contribution in [1.29, 1.82) is 0 Å². The Labute approximate surface area is 120 Å². The van der Waals surface area contributed by atoms with E-state index in [9.17, 15) is 0 Å². The maximum absolute atomic E-state index is 3.83. The van der Waals surface area contributed by atoms with Crippen LogP contribution in [0.1, 0.15) is 48.6 Å². The molecule has 0 bridgehead atoms. The highest BCUT2D eigenvalue weighted by Crippen LogP contribution is 2.35. The van der Waals surface area contributed by atoms with E-state index in [1.807, 2.05) is 11.3 Å². The van der Waals surface area contributed by atoms with Crippen molar-refractivity contribution in [3.8, 4) is 0 Å². The van der Waals surface area contributed by atoms with E-state index >= 15 is 0 Å². The average molecular weight is 284 g/mol. The highest BCUT2D eigenvalue weighted by Gasteiger charge is 2.29. The van der Waals surface area contributed by atoms with E-state index in [1.165, 1.54) is 33.2 Å². The smallest absolute Gasteiger partial charge is 0.0305 e. The van der Waals surface area contributed by atoms with Crippen LogP contribution in [0.5, 0.6) is 0 Å². The van der Waals surface area contributed by atoms with E-state index in [0.29, 0.717) is 17.5 Å². The van der Waals surface area contributed by atoms with Crippen LogP contribution in [0.2, 0.25) is 0 Å². The Bertz CT molecular complexity index is 409. The van der Waals surface area contributed by atoms with Crippen molar-refractivity contribution in [2.75, 3.05) is 11.5 Å². The highest BCUT2D eigenvalue weighted by molar-refractivity contribution is 7.99. The maximum atomic E-state index is 3.83. The van der Waals surface area contributed by atoms with E-state index < -0.39 is 0 Å². The van der Waals surface area contributed by atoms with Crippen molar-refractivity contribution >= 4 is 23.1 Å². The minimum Gasteiger partial charge on any atom is -0.307 e. The molecule has 0 radical (unpaired) electrons. The number of nitrogens with one attached hydrogen (secondary N) is 1. The summed E-state index contributed by atoms with van der Waals surface area (Å²) >= 11 is 4.01. The number of hydrogen-bond acceptors (Lipinski definition) is 3. The molecule has 0 saturated carbocycles. The number of thioether (sulfide) groups is 1. The summed E-state index contributed by atoms with van der Waals surface area (Å²) in [6, 6.07) is 3.49. The topological polar surface area (TPSA) is 12.0 Å². The SMILES string of the molecule is Cc1cc(C(C)NC2CSCC(C)(C)C2)c(C)s1. The van der Waals surface area contributed by atoms with Crippen molar-refractivity contribution in [2.45, 2.75) is 53.1 Å². The van der Waals surface area contributed by atoms with Gasteiger partial charge < -0.3 is 5.32 Å². The summed E-state index contributed by atoms with van der Waals surface area (Å²) < 4.78 is 0. The van der Waals surface area contributed by atoms with Crippen LogP contribution >= 0.6 is 23.1 Å². The first-order valence-electron chi connectivity index (χ1n) is 6.78. The average Bonchev–Trinajstić information content (AvgIpc) is 2.56. The third-order valence-corrected chi connectivity index (χ3v) is 6.25. The second-order valence-electron chi connectivity index (χ2n) is 6.34. The van der Waals surface area contributed by atoms with Crippen LogP contribution in [0.15, 0.2) is 6.07 Å². The number of aryl methyl sites for hydroxylation is 2. The zero-order valence-corrected chi connectivity index (χ0v) is 13.8. The fourth-order valence-corrected chi connectivity index (χ4v) is 5.20. The normalized spacial score (nSPS) is 25.1. The molecular weight excluding hydrogens is 258 g/mol. The van der Waals surface area contributed by atoms with Gasteiger partial charge >= 0.3 is 0 Å². The van der Waals surface area contributed by atoms with E-state index in [2.05, 4.69) is 57.8 Å². The Morgan fingerprint density at radius 1 is 1.39 bits per heavy atom. The molecule has 0 aromatic carbocycles. The van der Waals surface area contributed by atoms with Crippen LogP contribution in [0.4, 0.5) is 0 Å². The Kier molecular flexibility index (Phi) is 4.45. The molecular formula is C15H25NS2. The number of rotatable bonds is 3. The van der Waals surface area contributed by atoms with E-state index in [4.69, 9.17) is 0 Å². The molecule has 1 aliphatic heterocycles. The molecule has 2 atom stereocenters. The van der Waals surface area contributed by atoms with Gasteiger partial charge in [-0.1, -0.05) is 13.8 Å². The van der Waals surface area contributed by atoms with Crippen molar-refractivity contribution in [2.24, 2.45) is 5.41 Å². The fourth-order valence-electron chi connectivity index (χ4n) is 2.89.